The van der Waals surface area contributed by atoms with E-state index in [2.05, 4.69) is 34.7 Å². The zero-order valence-corrected chi connectivity index (χ0v) is 12.7. The molecular formula is C13H17F2N5S. The summed E-state index contributed by atoms with van der Waals surface area (Å²) in [4.78, 5) is 0. The van der Waals surface area contributed by atoms with Crippen molar-refractivity contribution in [3.05, 3.63) is 35.4 Å². The van der Waals surface area contributed by atoms with Gasteiger partial charge in [-0.15, -0.1) is 5.10 Å². The van der Waals surface area contributed by atoms with E-state index in [1.54, 1.807) is 4.68 Å². The van der Waals surface area contributed by atoms with Crippen molar-refractivity contribution in [1.29, 1.82) is 0 Å². The van der Waals surface area contributed by atoms with Gasteiger partial charge in [0.05, 0.1) is 6.54 Å². The van der Waals surface area contributed by atoms with Crippen LogP contribution in [0.1, 0.15) is 19.4 Å². The third-order valence-corrected chi connectivity index (χ3v) is 3.75. The second-order valence-corrected chi connectivity index (χ2v) is 5.76. The van der Waals surface area contributed by atoms with Crippen molar-refractivity contribution >= 4 is 11.8 Å². The minimum Gasteiger partial charge on any atom is -0.313 e. The molecule has 8 heteroatoms. The first-order valence-electron chi connectivity index (χ1n) is 6.62. The second kappa shape index (κ2) is 7.46. The van der Waals surface area contributed by atoms with E-state index >= 15 is 0 Å². The molecule has 0 radical (unpaired) electrons. The maximum absolute atomic E-state index is 13.5. The molecule has 1 aromatic carbocycles. The first kappa shape index (κ1) is 15.8. The Labute approximate surface area is 126 Å². The normalized spacial score (nSPS) is 11.3. The Morgan fingerprint density at radius 3 is 2.86 bits per heavy atom. The maximum Gasteiger partial charge on any atom is 0.209 e. The lowest BCUT2D eigenvalue weighted by Gasteiger charge is -2.08. The number of aromatic nitrogens is 4. The van der Waals surface area contributed by atoms with E-state index in [1.807, 2.05) is 0 Å². The number of rotatable bonds is 7. The van der Waals surface area contributed by atoms with Gasteiger partial charge in [-0.1, -0.05) is 31.7 Å². The molecule has 0 unspecified atom stereocenters. The molecule has 2 aromatic rings. The fourth-order valence-corrected chi connectivity index (χ4v) is 2.57. The van der Waals surface area contributed by atoms with Gasteiger partial charge >= 0.3 is 0 Å². The monoisotopic (exact) mass is 313 g/mol. The second-order valence-electron chi connectivity index (χ2n) is 4.82. The van der Waals surface area contributed by atoms with Gasteiger partial charge in [-0.05, 0) is 22.1 Å². The maximum atomic E-state index is 13.5. The van der Waals surface area contributed by atoms with Crippen molar-refractivity contribution in [3.8, 4) is 0 Å². The smallest absolute Gasteiger partial charge is 0.209 e. The molecule has 2 rings (SSSR count). The SMILES string of the molecule is CC(C)NCCn1nnnc1SCc1ccc(F)cc1F. The first-order chi connectivity index (χ1) is 10.1. The van der Waals surface area contributed by atoms with Gasteiger partial charge in [0, 0.05) is 24.4 Å². The summed E-state index contributed by atoms with van der Waals surface area (Å²) in [6.07, 6.45) is 0. The molecule has 0 spiro atoms. The molecule has 0 bridgehead atoms. The lowest BCUT2D eigenvalue weighted by molar-refractivity contribution is 0.485. The highest BCUT2D eigenvalue weighted by Gasteiger charge is 2.10. The summed E-state index contributed by atoms with van der Waals surface area (Å²) in [5, 5.41) is 15.3. The quantitative estimate of drug-likeness (QED) is 0.795. The molecule has 0 fully saturated rings. The molecule has 1 aromatic heterocycles. The molecule has 0 aliphatic rings. The molecule has 1 N–H and O–H groups in total. The van der Waals surface area contributed by atoms with E-state index in [0.717, 1.165) is 12.6 Å². The Morgan fingerprint density at radius 2 is 2.14 bits per heavy atom. The average molecular weight is 313 g/mol. The molecule has 21 heavy (non-hydrogen) atoms. The average Bonchev–Trinajstić information content (AvgIpc) is 2.85. The van der Waals surface area contributed by atoms with Gasteiger partial charge in [-0.25, -0.2) is 13.5 Å². The largest absolute Gasteiger partial charge is 0.313 e. The molecule has 0 aliphatic carbocycles. The van der Waals surface area contributed by atoms with Gasteiger partial charge in [-0.3, -0.25) is 0 Å². The Hall–Kier alpha value is -1.54. The minimum absolute atomic E-state index is 0.351. The molecule has 0 atom stereocenters. The van der Waals surface area contributed by atoms with Gasteiger partial charge in [-0.2, -0.15) is 0 Å². The van der Waals surface area contributed by atoms with E-state index < -0.39 is 11.6 Å². The van der Waals surface area contributed by atoms with Crippen LogP contribution in [-0.2, 0) is 12.3 Å². The number of tetrazole rings is 1. The van der Waals surface area contributed by atoms with Crippen molar-refractivity contribution in [2.45, 2.75) is 37.3 Å². The van der Waals surface area contributed by atoms with E-state index in [4.69, 9.17) is 0 Å². The third-order valence-electron chi connectivity index (χ3n) is 2.75. The van der Waals surface area contributed by atoms with E-state index in [0.29, 0.717) is 29.1 Å². The minimum atomic E-state index is -0.578. The fraction of sp³-hybridized carbons (Fsp3) is 0.462. The van der Waals surface area contributed by atoms with Gasteiger partial charge in [0.2, 0.25) is 5.16 Å². The number of benzene rings is 1. The Kier molecular flexibility index (Phi) is 5.63. The molecule has 0 saturated carbocycles. The standard InChI is InChI=1S/C13H17F2N5S/c1-9(2)16-5-6-20-13(17-18-19-20)21-8-10-3-4-11(14)7-12(10)15/h3-4,7,9,16H,5-6,8H2,1-2H3. The Bertz CT molecular complexity index is 588. The van der Waals surface area contributed by atoms with Crippen LogP contribution >= 0.6 is 11.8 Å². The van der Waals surface area contributed by atoms with Crippen molar-refractivity contribution < 1.29 is 8.78 Å². The van der Waals surface area contributed by atoms with Gasteiger partial charge in [0.1, 0.15) is 11.6 Å². The number of nitrogens with zero attached hydrogens (tertiary/aromatic N) is 4. The zero-order valence-electron chi connectivity index (χ0n) is 11.9. The lowest BCUT2D eigenvalue weighted by atomic mass is 10.2. The molecule has 0 saturated heterocycles. The summed E-state index contributed by atoms with van der Waals surface area (Å²) in [6, 6.07) is 3.96. The molecule has 5 nitrogen and oxygen atoms in total. The van der Waals surface area contributed by atoms with E-state index in [9.17, 15) is 8.78 Å². The summed E-state index contributed by atoms with van der Waals surface area (Å²) in [7, 11) is 0. The highest BCUT2D eigenvalue weighted by molar-refractivity contribution is 7.98. The molecular weight excluding hydrogens is 296 g/mol. The predicted molar refractivity (Wildman–Crippen MR) is 76.9 cm³/mol. The van der Waals surface area contributed by atoms with Gasteiger partial charge in [0.15, 0.2) is 0 Å². The summed E-state index contributed by atoms with van der Waals surface area (Å²) in [5.74, 6) is -0.779. The van der Waals surface area contributed by atoms with Crippen molar-refractivity contribution in [1.82, 2.24) is 25.5 Å². The zero-order chi connectivity index (χ0) is 15.2. The molecule has 114 valence electrons. The summed E-state index contributed by atoms with van der Waals surface area (Å²) in [5.41, 5.74) is 0.427. The highest BCUT2D eigenvalue weighted by atomic mass is 32.2. The number of hydrogen-bond acceptors (Lipinski definition) is 5. The Balaban J connectivity index is 1.92. The summed E-state index contributed by atoms with van der Waals surface area (Å²) >= 11 is 1.32. The molecule has 0 amide bonds. The van der Waals surface area contributed by atoms with Gasteiger partial charge < -0.3 is 5.32 Å². The topological polar surface area (TPSA) is 55.6 Å². The van der Waals surface area contributed by atoms with Crippen LogP contribution in [0, 0.1) is 11.6 Å². The van der Waals surface area contributed by atoms with Gasteiger partial charge in [0.25, 0.3) is 0 Å². The van der Waals surface area contributed by atoms with Crippen LogP contribution < -0.4 is 5.32 Å². The van der Waals surface area contributed by atoms with Crippen LogP contribution in [0.25, 0.3) is 0 Å². The van der Waals surface area contributed by atoms with Crippen molar-refractivity contribution in [2.75, 3.05) is 6.54 Å². The number of nitrogens with one attached hydrogen (secondary N) is 1. The van der Waals surface area contributed by atoms with Crippen molar-refractivity contribution in [2.24, 2.45) is 0 Å². The number of thioether (sulfide) groups is 1. The highest BCUT2D eigenvalue weighted by Crippen LogP contribution is 2.22. The molecule has 0 aliphatic heterocycles. The molecule has 1 heterocycles. The lowest BCUT2D eigenvalue weighted by Crippen LogP contribution is -2.27. The number of hydrogen-bond donors (Lipinski definition) is 1. The van der Waals surface area contributed by atoms with Crippen molar-refractivity contribution in [3.63, 3.8) is 0 Å². The third kappa shape index (κ3) is 4.75. The summed E-state index contributed by atoms with van der Waals surface area (Å²) in [6.45, 7) is 5.51. The summed E-state index contributed by atoms with van der Waals surface area (Å²) < 4.78 is 28.1. The van der Waals surface area contributed by atoms with Crippen LogP contribution in [0.15, 0.2) is 23.4 Å². The van der Waals surface area contributed by atoms with E-state index in [1.165, 1.54) is 23.9 Å². The van der Waals surface area contributed by atoms with Crippen LogP contribution in [-0.4, -0.2) is 32.8 Å². The Morgan fingerprint density at radius 1 is 1.33 bits per heavy atom. The van der Waals surface area contributed by atoms with Crippen LogP contribution in [0.2, 0.25) is 0 Å². The van der Waals surface area contributed by atoms with Crippen LogP contribution in [0.5, 0.6) is 0 Å². The van der Waals surface area contributed by atoms with Crippen LogP contribution in [0.3, 0.4) is 0 Å². The predicted octanol–water partition coefficient (Wildman–Crippen LogP) is 2.24. The fourth-order valence-electron chi connectivity index (χ4n) is 1.68. The first-order valence-corrected chi connectivity index (χ1v) is 7.61. The van der Waals surface area contributed by atoms with E-state index in [-0.39, 0.29) is 0 Å². The van der Waals surface area contributed by atoms with Crippen LogP contribution in [0.4, 0.5) is 8.78 Å². The number of halogens is 2.